The van der Waals surface area contributed by atoms with Crippen LogP contribution in [0.2, 0.25) is 0 Å². The van der Waals surface area contributed by atoms with Crippen molar-refractivity contribution in [3.05, 3.63) is 35.8 Å². The standard InChI is InChI=1S/C16H21N3O/c1-12-14-4-2-3-5-15(14)18-16(17-12)10-19-8-6-13(11-20)7-9-19/h2-5,13,20H,6-11H2,1H3. The lowest BCUT2D eigenvalue weighted by Gasteiger charge is -2.30. The van der Waals surface area contributed by atoms with E-state index in [4.69, 9.17) is 0 Å². The second kappa shape index (κ2) is 5.85. The van der Waals surface area contributed by atoms with Crippen LogP contribution < -0.4 is 0 Å². The fourth-order valence-corrected chi connectivity index (χ4v) is 2.89. The summed E-state index contributed by atoms with van der Waals surface area (Å²) in [5, 5.41) is 10.3. The Morgan fingerprint density at radius 2 is 1.95 bits per heavy atom. The molecule has 0 saturated carbocycles. The van der Waals surface area contributed by atoms with Gasteiger partial charge in [-0.05, 0) is 44.8 Å². The van der Waals surface area contributed by atoms with Crippen LogP contribution in [0.25, 0.3) is 10.9 Å². The first-order valence-corrected chi connectivity index (χ1v) is 7.31. The molecule has 1 aliphatic rings. The summed E-state index contributed by atoms with van der Waals surface area (Å²) in [4.78, 5) is 11.7. The van der Waals surface area contributed by atoms with Crippen LogP contribution in [0.1, 0.15) is 24.4 Å². The highest BCUT2D eigenvalue weighted by Gasteiger charge is 2.19. The molecule has 0 amide bonds. The number of hydrogen-bond acceptors (Lipinski definition) is 4. The first kappa shape index (κ1) is 13.5. The first-order valence-electron chi connectivity index (χ1n) is 7.31. The number of benzene rings is 1. The molecule has 0 unspecified atom stereocenters. The Balaban J connectivity index is 1.75. The first-order chi connectivity index (χ1) is 9.76. The van der Waals surface area contributed by atoms with Crippen molar-refractivity contribution in [2.45, 2.75) is 26.3 Å². The smallest absolute Gasteiger partial charge is 0.143 e. The summed E-state index contributed by atoms with van der Waals surface area (Å²) in [5.74, 6) is 1.38. The zero-order valence-corrected chi connectivity index (χ0v) is 11.9. The molecule has 1 aromatic carbocycles. The van der Waals surface area contributed by atoms with Crippen molar-refractivity contribution in [1.82, 2.24) is 14.9 Å². The highest BCUT2D eigenvalue weighted by atomic mass is 16.3. The van der Waals surface area contributed by atoms with E-state index in [0.717, 1.165) is 54.9 Å². The van der Waals surface area contributed by atoms with Crippen LogP contribution in [0, 0.1) is 12.8 Å². The Hall–Kier alpha value is -1.52. The van der Waals surface area contributed by atoms with Gasteiger partial charge >= 0.3 is 0 Å². The number of piperidine rings is 1. The number of aromatic nitrogens is 2. The van der Waals surface area contributed by atoms with Crippen molar-refractivity contribution in [2.24, 2.45) is 5.92 Å². The average molecular weight is 271 g/mol. The van der Waals surface area contributed by atoms with Crippen molar-refractivity contribution in [2.75, 3.05) is 19.7 Å². The molecule has 106 valence electrons. The number of para-hydroxylation sites is 1. The Bertz CT molecular complexity index is 591. The summed E-state index contributed by atoms with van der Waals surface area (Å²) >= 11 is 0. The normalized spacial score (nSPS) is 17.7. The van der Waals surface area contributed by atoms with Gasteiger partial charge in [-0.2, -0.15) is 0 Å². The molecular formula is C16H21N3O. The van der Waals surface area contributed by atoms with Gasteiger partial charge in [0.25, 0.3) is 0 Å². The third kappa shape index (κ3) is 2.81. The Kier molecular flexibility index (Phi) is 3.94. The third-order valence-corrected chi connectivity index (χ3v) is 4.17. The fourth-order valence-electron chi connectivity index (χ4n) is 2.89. The van der Waals surface area contributed by atoms with E-state index >= 15 is 0 Å². The molecule has 1 fully saturated rings. The third-order valence-electron chi connectivity index (χ3n) is 4.17. The highest BCUT2D eigenvalue weighted by molar-refractivity contribution is 5.80. The number of aliphatic hydroxyl groups excluding tert-OH is 1. The van der Waals surface area contributed by atoms with E-state index in [1.807, 2.05) is 25.1 Å². The van der Waals surface area contributed by atoms with Crippen LogP contribution in [-0.2, 0) is 6.54 Å². The van der Waals surface area contributed by atoms with Gasteiger partial charge in [0.05, 0.1) is 12.1 Å². The molecule has 3 rings (SSSR count). The van der Waals surface area contributed by atoms with Gasteiger partial charge in [-0.25, -0.2) is 9.97 Å². The monoisotopic (exact) mass is 271 g/mol. The summed E-state index contributed by atoms with van der Waals surface area (Å²) in [5.41, 5.74) is 2.08. The van der Waals surface area contributed by atoms with E-state index in [1.54, 1.807) is 0 Å². The van der Waals surface area contributed by atoms with Gasteiger partial charge in [0.15, 0.2) is 0 Å². The lowest BCUT2D eigenvalue weighted by molar-refractivity contribution is 0.125. The molecule has 2 aromatic rings. The second-order valence-corrected chi connectivity index (χ2v) is 5.64. The molecule has 1 aromatic heterocycles. The molecule has 2 heterocycles. The number of likely N-dealkylation sites (tertiary alicyclic amines) is 1. The molecule has 4 nitrogen and oxygen atoms in total. The second-order valence-electron chi connectivity index (χ2n) is 5.64. The van der Waals surface area contributed by atoms with E-state index < -0.39 is 0 Å². The molecule has 1 N–H and O–H groups in total. The van der Waals surface area contributed by atoms with Gasteiger partial charge in [0, 0.05) is 17.7 Å². The summed E-state index contributed by atoms with van der Waals surface area (Å²) in [6.07, 6.45) is 2.14. The Labute approximate surface area is 119 Å². The van der Waals surface area contributed by atoms with E-state index in [0.29, 0.717) is 12.5 Å². The lowest BCUT2D eigenvalue weighted by atomic mass is 9.98. The van der Waals surface area contributed by atoms with Gasteiger partial charge in [0.2, 0.25) is 0 Å². The summed E-state index contributed by atoms with van der Waals surface area (Å²) in [7, 11) is 0. The number of fused-ring (bicyclic) bond motifs is 1. The zero-order valence-electron chi connectivity index (χ0n) is 11.9. The van der Waals surface area contributed by atoms with Gasteiger partial charge in [0.1, 0.15) is 5.82 Å². The highest BCUT2D eigenvalue weighted by Crippen LogP contribution is 2.19. The van der Waals surface area contributed by atoms with Crippen molar-refractivity contribution in [1.29, 1.82) is 0 Å². The Morgan fingerprint density at radius 3 is 2.70 bits per heavy atom. The molecular weight excluding hydrogens is 250 g/mol. The summed E-state index contributed by atoms with van der Waals surface area (Å²) in [6, 6.07) is 8.16. The number of aliphatic hydroxyl groups is 1. The predicted octanol–water partition coefficient (Wildman–Crippen LogP) is 2.14. The summed E-state index contributed by atoms with van der Waals surface area (Å²) < 4.78 is 0. The topological polar surface area (TPSA) is 49.2 Å². The molecule has 1 aliphatic heterocycles. The largest absolute Gasteiger partial charge is 0.396 e. The van der Waals surface area contributed by atoms with Crippen LogP contribution >= 0.6 is 0 Å². The summed E-state index contributed by atoms with van der Waals surface area (Å²) in [6.45, 7) is 5.23. The number of aryl methyl sites for hydroxylation is 1. The lowest BCUT2D eigenvalue weighted by Crippen LogP contribution is -2.34. The fraction of sp³-hybridized carbons (Fsp3) is 0.500. The maximum absolute atomic E-state index is 9.18. The molecule has 0 radical (unpaired) electrons. The SMILES string of the molecule is Cc1nc(CN2CCC(CO)CC2)nc2ccccc12. The maximum atomic E-state index is 9.18. The minimum Gasteiger partial charge on any atom is -0.396 e. The van der Waals surface area contributed by atoms with E-state index in [2.05, 4.69) is 20.9 Å². The van der Waals surface area contributed by atoms with Gasteiger partial charge in [-0.15, -0.1) is 0 Å². The van der Waals surface area contributed by atoms with E-state index in [-0.39, 0.29) is 0 Å². The van der Waals surface area contributed by atoms with Gasteiger partial charge < -0.3 is 5.11 Å². The van der Waals surface area contributed by atoms with Crippen LogP contribution in [0.4, 0.5) is 0 Å². The molecule has 4 heteroatoms. The Morgan fingerprint density at radius 1 is 1.20 bits per heavy atom. The number of nitrogens with zero attached hydrogens (tertiary/aromatic N) is 3. The number of hydrogen-bond donors (Lipinski definition) is 1. The number of rotatable bonds is 3. The predicted molar refractivity (Wildman–Crippen MR) is 79.4 cm³/mol. The van der Waals surface area contributed by atoms with Crippen molar-refractivity contribution in [3.8, 4) is 0 Å². The quantitative estimate of drug-likeness (QED) is 0.929. The average Bonchev–Trinajstić information content (AvgIpc) is 2.48. The minimum absolute atomic E-state index is 0.319. The van der Waals surface area contributed by atoms with Gasteiger partial charge in [-0.3, -0.25) is 4.90 Å². The molecule has 0 spiro atoms. The van der Waals surface area contributed by atoms with E-state index in [1.165, 1.54) is 0 Å². The molecule has 1 saturated heterocycles. The van der Waals surface area contributed by atoms with Crippen LogP contribution in [0.5, 0.6) is 0 Å². The molecule has 0 aliphatic carbocycles. The van der Waals surface area contributed by atoms with Crippen molar-refractivity contribution >= 4 is 10.9 Å². The zero-order chi connectivity index (χ0) is 13.9. The van der Waals surface area contributed by atoms with Crippen LogP contribution in [0.3, 0.4) is 0 Å². The maximum Gasteiger partial charge on any atom is 0.143 e. The minimum atomic E-state index is 0.319. The van der Waals surface area contributed by atoms with E-state index in [9.17, 15) is 5.11 Å². The van der Waals surface area contributed by atoms with Crippen molar-refractivity contribution < 1.29 is 5.11 Å². The molecule has 0 atom stereocenters. The van der Waals surface area contributed by atoms with Crippen LogP contribution in [-0.4, -0.2) is 39.7 Å². The molecule has 0 bridgehead atoms. The van der Waals surface area contributed by atoms with Crippen molar-refractivity contribution in [3.63, 3.8) is 0 Å². The molecule has 20 heavy (non-hydrogen) atoms. The van der Waals surface area contributed by atoms with Gasteiger partial charge in [-0.1, -0.05) is 18.2 Å². The van der Waals surface area contributed by atoms with Crippen LogP contribution in [0.15, 0.2) is 24.3 Å².